The van der Waals surface area contributed by atoms with Crippen molar-refractivity contribution in [1.82, 2.24) is 0 Å². The van der Waals surface area contributed by atoms with E-state index in [2.05, 4.69) is 0 Å². The number of carboxylic acid groups (broad SMARTS) is 1. The molecule has 0 amide bonds. The van der Waals surface area contributed by atoms with Crippen LogP contribution in [0.3, 0.4) is 0 Å². The molecule has 1 N–H and O–H groups in total. The van der Waals surface area contributed by atoms with Crippen LogP contribution < -0.4 is 0 Å². The van der Waals surface area contributed by atoms with Gasteiger partial charge in [-0.3, -0.25) is 0 Å². The van der Waals surface area contributed by atoms with Gasteiger partial charge in [0, 0.05) is 0 Å². The highest BCUT2D eigenvalue weighted by Gasteiger charge is 2.13. The van der Waals surface area contributed by atoms with Crippen LogP contribution in [-0.4, -0.2) is 11.1 Å². The van der Waals surface area contributed by atoms with Gasteiger partial charge >= 0.3 is 5.97 Å². The maximum Gasteiger partial charge on any atom is 0.346 e. The molecular formula is C9H14O2S. The first-order chi connectivity index (χ1) is 5.13. The normalized spacial score (nSPS) is 9.58. The van der Waals surface area contributed by atoms with E-state index in [1.54, 1.807) is 0 Å². The molecule has 0 saturated carbocycles. The Morgan fingerprint density at radius 3 is 2.50 bits per heavy atom. The highest BCUT2D eigenvalue weighted by Crippen LogP contribution is 2.24. The van der Waals surface area contributed by atoms with Gasteiger partial charge < -0.3 is 5.11 Å². The van der Waals surface area contributed by atoms with E-state index in [9.17, 15) is 4.79 Å². The lowest BCUT2D eigenvalue weighted by Crippen LogP contribution is -1.98. The molecule has 0 aliphatic rings. The Morgan fingerprint density at radius 1 is 1.58 bits per heavy atom. The summed E-state index contributed by atoms with van der Waals surface area (Å²) in [5.74, 6) is -0.518. The number of thiophene rings is 1. The van der Waals surface area contributed by atoms with Gasteiger partial charge in [-0.25, -0.2) is 4.79 Å². The van der Waals surface area contributed by atoms with Crippen LogP contribution in [0, 0.1) is 0 Å². The number of carboxylic acids is 1. The average molecular weight is 186 g/mol. The van der Waals surface area contributed by atoms with Gasteiger partial charge in [0.05, 0.1) is 0 Å². The van der Waals surface area contributed by atoms with Gasteiger partial charge in [0.25, 0.3) is 0 Å². The van der Waals surface area contributed by atoms with Crippen molar-refractivity contribution < 1.29 is 9.90 Å². The van der Waals surface area contributed by atoms with Gasteiger partial charge in [-0.05, 0) is 22.9 Å². The second kappa shape index (κ2) is 4.26. The van der Waals surface area contributed by atoms with Gasteiger partial charge in [0.15, 0.2) is 0 Å². The second-order valence-electron chi connectivity index (χ2n) is 2.66. The minimum atomic E-state index is -0.816. The van der Waals surface area contributed by atoms with Crippen LogP contribution in [0.1, 0.15) is 42.4 Å². The largest absolute Gasteiger partial charge is 0.477 e. The Bertz CT molecular complexity index is 263. The molecule has 3 heteroatoms. The zero-order chi connectivity index (χ0) is 8.43. The van der Waals surface area contributed by atoms with Crippen molar-refractivity contribution in [3.8, 4) is 0 Å². The summed E-state index contributed by atoms with van der Waals surface area (Å²) in [6, 6.07) is 1.87. The highest BCUT2D eigenvalue weighted by atomic mass is 32.1. The van der Waals surface area contributed by atoms with E-state index in [-0.39, 0.29) is 7.43 Å². The highest BCUT2D eigenvalue weighted by molar-refractivity contribution is 7.12. The van der Waals surface area contributed by atoms with Crippen LogP contribution in [0.15, 0.2) is 11.4 Å². The number of rotatable bonds is 2. The van der Waals surface area contributed by atoms with Gasteiger partial charge in [0.2, 0.25) is 0 Å². The summed E-state index contributed by atoms with van der Waals surface area (Å²) in [6.45, 7) is 3.99. The van der Waals surface area contributed by atoms with E-state index in [0.717, 1.165) is 5.56 Å². The van der Waals surface area contributed by atoms with Crippen LogP contribution in [-0.2, 0) is 0 Å². The van der Waals surface area contributed by atoms with E-state index in [1.165, 1.54) is 11.3 Å². The molecule has 1 aromatic rings. The lowest BCUT2D eigenvalue weighted by Gasteiger charge is -2.01. The maximum absolute atomic E-state index is 10.6. The lowest BCUT2D eigenvalue weighted by atomic mass is 10.1. The van der Waals surface area contributed by atoms with Gasteiger partial charge in [-0.15, -0.1) is 11.3 Å². The van der Waals surface area contributed by atoms with Crippen molar-refractivity contribution in [3.05, 3.63) is 21.9 Å². The molecule has 0 spiro atoms. The summed E-state index contributed by atoms with van der Waals surface area (Å²) < 4.78 is 0. The summed E-state index contributed by atoms with van der Waals surface area (Å²) >= 11 is 1.29. The second-order valence-corrected chi connectivity index (χ2v) is 3.58. The molecule has 0 radical (unpaired) electrons. The van der Waals surface area contributed by atoms with Crippen LogP contribution in [0.2, 0.25) is 0 Å². The molecule has 1 aromatic heterocycles. The van der Waals surface area contributed by atoms with Gasteiger partial charge in [-0.2, -0.15) is 0 Å². The number of hydrogen-bond donors (Lipinski definition) is 1. The first-order valence-electron chi connectivity index (χ1n) is 3.43. The monoisotopic (exact) mass is 186 g/mol. The van der Waals surface area contributed by atoms with Crippen LogP contribution in [0.25, 0.3) is 0 Å². The standard InChI is InChI=1S/C8H10O2S.CH4/c1-5(2)6-3-4-11-7(6)8(9)10;/h3-5H,1-2H3,(H,9,10);1H4. The molecule has 0 fully saturated rings. The molecule has 2 nitrogen and oxygen atoms in total. The molecule has 12 heavy (non-hydrogen) atoms. The summed E-state index contributed by atoms with van der Waals surface area (Å²) in [7, 11) is 0. The smallest absolute Gasteiger partial charge is 0.346 e. The maximum atomic E-state index is 10.6. The molecule has 0 aliphatic carbocycles. The Labute approximate surface area is 76.9 Å². The van der Waals surface area contributed by atoms with Crippen molar-refractivity contribution in [2.45, 2.75) is 27.2 Å². The Kier molecular flexibility index (Phi) is 3.96. The number of aromatic carboxylic acids is 1. The van der Waals surface area contributed by atoms with Crippen molar-refractivity contribution in [2.75, 3.05) is 0 Å². The lowest BCUT2D eigenvalue weighted by molar-refractivity contribution is 0.0700. The zero-order valence-electron chi connectivity index (χ0n) is 6.50. The molecule has 0 saturated heterocycles. The molecule has 1 rings (SSSR count). The minimum Gasteiger partial charge on any atom is -0.477 e. The SMILES string of the molecule is C.CC(C)c1ccsc1C(=O)O. The summed E-state index contributed by atoms with van der Waals surface area (Å²) in [6.07, 6.45) is 0. The Hall–Kier alpha value is -0.830. The fourth-order valence-electron chi connectivity index (χ4n) is 0.948. The fourth-order valence-corrected chi connectivity index (χ4v) is 1.84. The van der Waals surface area contributed by atoms with E-state index < -0.39 is 5.97 Å². The first kappa shape index (κ1) is 11.2. The number of hydrogen-bond acceptors (Lipinski definition) is 2. The van der Waals surface area contributed by atoms with Crippen LogP contribution in [0.4, 0.5) is 0 Å². The molecule has 0 aliphatic heterocycles. The molecule has 0 bridgehead atoms. The molecular weight excluding hydrogens is 172 g/mol. The Morgan fingerprint density at radius 2 is 2.17 bits per heavy atom. The molecule has 0 atom stereocenters. The average Bonchev–Trinajstić information content (AvgIpc) is 2.32. The van der Waals surface area contributed by atoms with Crippen molar-refractivity contribution in [2.24, 2.45) is 0 Å². The summed E-state index contributed by atoms with van der Waals surface area (Å²) in [5.41, 5.74) is 0.933. The van der Waals surface area contributed by atoms with Crippen LogP contribution >= 0.6 is 11.3 Å². The first-order valence-corrected chi connectivity index (χ1v) is 4.31. The van der Waals surface area contributed by atoms with Crippen molar-refractivity contribution in [1.29, 1.82) is 0 Å². The summed E-state index contributed by atoms with van der Waals surface area (Å²) in [4.78, 5) is 11.1. The third kappa shape index (κ3) is 2.08. The third-order valence-corrected chi connectivity index (χ3v) is 2.43. The van der Waals surface area contributed by atoms with E-state index in [4.69, 9.17) is 5.11 Å². The van der Waals surface area contributed by atoms with Crippen LogP contribution in [0.5, 0.6) is 0 Å². The van der Waals surface area contributed by atoms with Gasteiger partial charge in [-0.1, -0.05) is 21.3 Å². The predicted molar refractivity (Wildman–Crippen MR) is 52.1 cm³/mol. The molecule has 68 valence electrons. The molecule has 1 heterocycles. The van der Waals surface area contributed by atoms with Gasteiger partial charge in [0.1, 0.15) is 4.88 Å². The van der Waals surface area contributed by atoms with E-state index >= 15 is 0 Å². The molecule has 0 unspecified atom stereocenters. The fraction of sp³-hybridized carbons (Fsp3) is 0.444. The quantitative estimate of drug-likeness (QED) is 0.770. The zero-order valence-corrected chi connectivity index (χ0v) is 7.31. The van der Waals surface area contributed by atoms with E-state index in [1.807, 2.05) is 25.3 Å². The number of carbonyl (C=O) groups is 1. The third-order valence-electron chi connectivity index (χ3n) is 1.51. The minimum absolute atomic E-state index is 0. The predicted octanol–water partition coefficient (Wildman–Crippen LogP) is 3.21. The summed E-state index contributed by atoms with van der Waals surface area (Å²) in [5, 5.41) is 10.5. The topological polar surface area (TPSA) is 37.3 Å². The molecule has 0 aromatic carbocycles. The van der Waals surface area contributed by atoms with E-state index in [0.29, 0.717) is 10.8 Å². The van der Waals surface area contributed by atoms with Crippen molar-refractivity contribution in [3.63, 3.8) is 0 Å². The van der Waals surface area contributed by atoms with Crippen molar-refractivity contribution >= 4 is 17.3 Å². The Balaban J connectivity index is 0.00000121.